The van der Waals surface area contributed by atoms with Crippen molar-refractivity contribution in [3.05, 3.63) is 46.8 Å². The van der Waals surface area contributed by atoms with Gasteiger partial charge in [-0.25, -0.2) is 14.8 Å². The zero-order valence-corrected chi connectivity index (χ0v) is 11.3. The normalized spacial score (nSPS) is 10.1. The van der Waals surface area contributed by atoms with Gasteiger partial charge in [0.1, 0.15) is 0 Å². The third kappa shape index (κ3) is 2.73. The van der Waals surface area contributed by atoms with Gasteiger partial charge in [-0.15, -0.1) is 0 Å². The minimum atomic E-state index is -0.508. The van der Waals surface area contributed by atoms with Crippen molar-refractivity contribution in [2.75, 3.05) is 6.61 Å². The van der Waals surface area contributed by atoms with Crippen LogP contribution in [0.5, 0.6) is 0 Å². The maximum absolute atomic E-state index is 11.6. The van der Waals surface area contributed by atoms with Gasteiger partial charge in [0.05, 0.1) is 12.3 Å². The van der Waals surface area contributed by atoms with Gasteiger partial charge in [0.2, 0.25) is 5.82 Å². The fourth-order valence-corrected chi connectivity index (χ4v) is 1.96. The van der Waals surface area contributed by atoms with Gasteiger partial charge in [-0.2, -0.15) is 0 Å². The van der Waals surface area contributed by atoms with Crippen LogP contribution in [0.1, 0.15) is 17.5 Å². The Labute approximate surface area is 113 Å². The van der Waals surface area contributed by atoms with Crippen LogP contribution in [-0.2, 0) is 4.74 Å². The number of halogens is 1. The third-order valence-corrected chi connectivity index (χ3v) is 2.95. The van der Waals surface area contributed by atoms with Crippen molar-refractivity contribution in [2.45, 2.75) is 6.92 Å². The Morgan fingerprint density at radius 3 is 2.83 bits per heavy atom. The first kappa shape index (κ1) is 12.7. The lowest BCUT2D eigenvalue weighted by Crippen LogP contribution is -2.09. The van der Waals surface area contributed by atoms with Crippen LogP contribution in [0.2, 0.25) is 0 Å². The Morgan fingerprint density at radius 2 is 2.11 bits per heavy atom. The predicted molar refractivity (Wildman–Crippen MR) is 71.1 cm³/mol. The molecular formula is C13H11BrN2O2. The minimum absolute atomic E-state index is 0.0742. The van der Waals surface area contributed by atoms with E-state index in [9.17, 15) is 4.79 Å². The van der Waals surface area contributed by atoms with Gasteiger partial charge in [-0.3, -0.25) is 0 Å². The molecule has 0 saturated heterocycles. The molecule has 0 fully saturated rings. The quantitative estimate of drug-likeness (QED) is 0.818. The second-order valence-corrected chi connectivity index (χ2v) is 4.32. The molecule has 0 amide bonds. The molecule has 0 bridgehead atoms. The van der Waals surface area contributed by atoms with Crippen molar-refractivity contribution >= 4 is 21.9 Å². The Balaban J connectivity index is 2.39. The van der Waals surface area contributed by atoms with E-state index in [1.54, 1.807) is 19.2 Å². The average molecular weight is 307 g/mol. The number of hydrogen-bond donors (Lipinski definition) is 0. The molecule has 2 rings (SSSR count). The van der Waals surface area contributed by atoms with E-state index in [-0.39, 0.29) is 5.82 Å². The van der Waals surface area contributed by atoms with Crippen LogP contribution in [0.25, 0.3) is 11.3 Å². The summed E-state index contributed by atoms with van der Waals surface area (Å²) < 4.78 is 5.79. The molecular weight excluding hydrogens is 296 g/mol. The zero-order valence-electron chi connectivity index (χ0n) is 9.76. The van der Waals surface area contributed by atoms with Crippen LogP contribution >= 0.6 is 15.9 Å². The van der Waals surface area contributed by atoms with Crippen molar-refractivity contribution < 1.29 is 9.53 Å². The van der Waals surface area contributed by atoms with E-state index in [0.717, 1.165) is 10.0 Å². The summed E-state index contributed by atoms with van der Waals surface area (Å²) in [6.45, 7) is 2.05. The number of rotatable bonds is 3. The first-order valence-corrected chi connectivity index (χ1v) is 6.26. The highest BCUT2D eigenvalue weighted by atomic mass is 79.9. The monoisotopic (exact) mass is 306 g/mol. The summed E-state index contributed by atoms with van der Waals surface area (Å²) in [6.07, 6.45) is 1.55. The highest BCUT2D eigenvalue weighted by molar-refractivity contribution is 9.10. The molecule has 0 aliphatic rings. The number of carbonyl (C=O) groups is 1. The molecule has 4 nitrogen and oxygen atoms in total. The average Bonchev–Trinajstić information content (AvgIpc) is 2.40. The predicted octanol–water partition coefficient (Wildman–Crippen LogP) is 3.08. The maximum atomic E-state index is 11.6. The molecule has 0 unspecified atom stereocenters. The third-order valence-electron chi connectivity index (χ3n) is 2.26. The second kappa shape index (κ2) is 5.73. The number of nitrogens with zero attached hydrogens (tertiary/aromatic N) is 2. The molecule has 0 spiro atoms. The van der Waals surface area contributed by atoms with E-state index in [1.807, 2.05) is 24.3 Å². The summed E-state index contributed by atoms with van der Waals surface area (Å²) in [5.74, 6) is -0.434. The van der Waals surface area contributed by atoms with Gasteiger partial charge >= 0.3 is 5.97 Å². The molecule has 2 aromatic rings. The van der Waals surface area contributed by atoms with Gasteiger partial charge < -0.3 is 4.74 Å². The van der Waals surface area contributed by atoms with Gasteiger partial charge in [-0.05, 0) is 19.1 Å². The Bertz CT molecular complexity index is 572. The van der Waals surface area contributed by atoms with E-state index >= 15 is 0 Å². The minimum Gasteiger partial charge on any atom is -0.460 e. The fourth-order valence-electron chi connectivity index (χ4n) is 1.47. The van der Waals surface area contributed by atoms with Crippen molar-refractivity contribution in [3.8, 4) is 11.3 Å². The lowest BCUT2D eigenvalue weighted by atomic mass is 10.1. The zero-order chi connectivity index (χ0) is 13.0. The standard InChI is InChI=1S/C13H11BrN2O2/c1-2-18-13(17)12-15-8-7-11(16-12)9-5-3-4-6-10(9)14/h3-8H,2H2,1H3. The number of esters is 1. The summed E-state index contributed by atoms with van der Waals surface area (Å²) >= 11 is 3.45. The summed E-state index contributed by atoms with van der Waals surface area (Å²) in [6, 6.07) is 9.42. The molecule has 92 valence electrons. The van der Waals surface area contributed by atoms with E-state index in [4.69, 9.17) is 4.74 Å². The number of carbonyl (C=O) groups excluding carboxylic acids is 1. The molecule has 18 heavy (non-hydrogen) atoms. The molecule has 1 aromatic heterocycles. The van der Waals surface area contributed by atoms with E-state index < -0.39 is 5.97 Å². The van der Waals surface area contributed by atoms with Crippen LogP contribution < -0.4 is 0 Å². The van der Waals surface area contributed by atoms with Crippen molar-refractivity contribution in [2.24, 2.45) is 0 Å². The SMILES string of the molecule is CCOC(=O)c1nccc(-c2ccccc2Br)n1. The first-order valence-electron chi connectivity index (χ1n) is 5.47. The molecule has 1 aromatic carbocycles. The Morgan fingerprint density at radius 1 is 1.33 bits per heavy atom. The summed E-state index contributed by atoms with van der Waals surface area (Å²) in [5.41, 5.74) is 1.59. The van der Waals surface area contributed by atoms with E-state index in [0.29, 0.717) is 12.3 Å². The molecule has 0 atom stereocenters. The number of benzene rings is 1. The van der Waals surface area contributed by atoms with Gasteiger partial charge in [0.25, 0.3) is 0 Å². The first-order chi connectivity index (χ1) is 8.72. The molecule has 1 heterocycles. The molecule has 0 aliphatic carbocycles. The van der Waals surface area contributed by atoms with Crippen molar-refractivity contribution in [3.63, 3.8) is 0 Å². The molecule has 0 saturated carbocycles. The van der Waals surface area contributed by atoms with Gasteiger partial charge in [-0.1, -0.05) is 34.1 Å². The Hall–Kier alpha value is -1.75. The van der Waals surface area contributed by atoms with E-state index in [1.165, 1.54) is 0 Å². The number of hydrogen-bond acceptors (Lipinski definition) is 4. The Kier molecular flexibility index (Phi) is 4.04. The number of aromatic nitrogens is 2. The van der Waals surface area contributed by atoms with Crippen LogP contribution in [0, 0.1) is 0 Å². The molecule has 0 radical (unpaired) electrons. The molecule has 0 N–H and O–H groups in total. The highest BCUT2D eigenvalue weighted by Gasteiger charge is 2.12. The van der Waals surface area contributed by atoms with Gasteiger partial charge in [0, 0.05) is 16.2 Å². The molecule has 0 aliphatic heterocycles. The number of ether oxygens (including phenoxy) is 1. The molecule has 5 heteroatoms. The van der Waals surface area contributed by atoms with Gasteiger partial charge in [0.15, 0.2) is 0 Å². The largest absolute Gasteiger partial charge is 0.460 e. The fraction of sp³-hybridized carbons (Fsp3) is 0.154. The maximum Gasteiger partial charge on any atom is 0.376 e. The van der Waals surface area contributed by atoms with Crippen LogP contribution in [0.15, 0.2) is 41.0 Å². The smallest absolute Gasteiger partial charge is 0.376 e. The lowest BCUT2D eigenvalue weighted by molar-refractivity contribution is 0.0512. The van der Waals surface area contributed by atoms with Crippen LogP contribution in [0.3, 0.4) is 0 Å². The van der Waals surface area contributed by atoms with Crippen molar-refractivity contribution in [1.82, 2.24) is 9.97 Å². The summed E-state index contributed by atoms with van der Waals surface area (Å²) in [5, 5.41) is 0. The highest BCUT2D eigenvalue weighted by Crippen LogP contribution is 2.25. The second-order valence-electron chi connectivity index (χ2n) is 3.47. The topological polar surface area (TPSA) is 52.1 Å². The van der Waals surface area contributed by atoms with E-state index in [2.05, 4.69) is 25.9 Å². The summed E-state index contributed by atoms with van der Waals surface area (Å²) in [4.78, 5) is 19.7. The van der Waals surface area contributed by atoms with Crippen LogP contribution in [-0.4, -0.2) is 22.5 Å². The lowest BCUT2D eigenvalue weighted by Gasteiger charge is -2.05. The summed E-state index contributed by atoms with van der Waals surface area (Å²) in [7, 11) is 0. The van der Waals surface area contributed by atoms with Crippen molar-refractivity contribution in [1.29, 1.82) is 0 Å². The van der Waals surface area contributed by atoms with Crippen LogP contribution in [0.4, 0.5) is 0 Å².